The van der Waals surface area contributed by atoms with Gasteiger partial charge in [-0.3, -0.25) is 0 Å². The number of amides is 2. The van der Waals surface area contributed by atoms with E-state index >= 15 is 0 Å². The van der Waals surface area contributed by atoms with Gasteiger partial charge in [0.2, 0.25) is 0 Å². The molecule has 1 aliphatic heterocycles. The fourth-order valence-electron chi connectivity index (χ4n) is 1.42. The van der Waals surface area contributed by atoms with E-state index in [0.29, 0.717) is 0 Å². The van der Waals surface area contributed by atoms with Crippen molar-refractivity contribution in [1.82, 2.24) is 5.32 Å². The SMILES string of the molecule is NC(=O)N[C@@H]1[C@@H](O)[C@@H](O)[C@@H](CO)O[C@H]1O. The zero-order chi connectivity index (χ0) is 11.6. The first-order chi connectivity index (χ1) is 6.97. The average Bonchev–Trinajstić information content (AvgIpc) is 2.18. The molecule has 15 heavy (non-hydrogen) atoms. The number of aliphatic hydroxyl groups is 4. The fraction of sp³-hybridized carbons (Fsp3) is 0.857. The van der Waals surface area contributed by atoms with Gasteiger partial charge >= 0.3 is 6.03 Å². The van der Waals surface area contributed by atoms with Crippen LogP contribution in [0.25, 0.3) is 0 Å². The van der Waals surface area contributed by atoms with Crippen LogP contribution in [0.15, 0.2) is 0 Å². The molecule has 1 fully saturated rings. The molecule has 1 saturated heterocycles. The predicted octanol–water partition coefficient (Wildman–Crippen LogP) is -3.55. The van der Waals surface area contributed by atoms with Gasteiger partial charge in [0.05, 0.1) is 6.61 Å². The number of hydrogen-bond acceptors (Lipinski definition) is 6. The van der Waals surface area contributed by atoms with Gasteiger partial charge in [-0.25, -0.2) is 4.79 Å². The highest BCUT2D eigenvalue weighted by Crippen LogP contribution is 2.19. The summed E-state index contributed by atoms with van der Waals surface area (Å²) < 4.78 is 4.76. The van der Waals surface area contributed by atoms with Crippen LogP contribution in [0.5, 0.6) is 0 Å². The van der Waals surface area contributed by atoms with E-state index in [2.05, 4.69) is 0 Å². The van der Waals surface area contributed by atoms with Crippen molar-refractivity contribution in [2.45, 2.75) is 30.6 Å². The van der Waals surface area contributed by atoms with Crippen molar-refractivity contribution >= 4 is 6.03 Å². The third-order valence-electron chi connectivity index (χ3n) is 2.21. The number of carbonyl (C=O) groups is 1. The van der Waals surface area contributed by atoms with Gasteiger partial charge in [-0.1, -0.05) is 0 Å². The van der Waals surface area contributed by atoms with E-state index in [1.54, 1.807) is 0 Å². The third kappa shape index (κ3) is 2.55. The van der Waals surface area contributed by atoms with Crippen LogP contribution in [0.4, 0.5) is 4.79 Å². The second-order valence-corrected chi connectivity index (χ2v) is 3.26. The molecule has 0 aromatic carbocycles. The second kappa shape index (κ2) is 4.73. The Morgan fingerprint density at radius 3 is 2.40 bits per heavy atom. The summed E-state index contributed by atoms with van der Waals surface area (Å²) in [6.45, 7) is -0.557. The Hall–Kier alpha value is -0.930. The van der Waals surface area contributed by atoms with Gasteiger partial charge in [-0.2, -0.15) is 0 Å². The van der Waals surface area contributed by atoms with Crippen molar-refractivity contribution in [3.05, 3.63) is 0 Å². The summed E-state index contributed by atoms with van der Waals surface area (Å²) in [5.41, 5.74) is 4.80. The van der Waals surface area contributed by atoms with Crippen molar-refractivity contribution in [2.24, 2.45) is 5.73 Å². The maximum absolute atomic E-state index is 10.5. The summed E-state index contributed by atoms with van der Waals surface area (Å²) in [4.78, 5) is 10.5. The van der Waals surface area contributed by atoms with Gasteiger partial charge in [0, 0.05) is 0 Å². The Morgan fingerprint density at radius 2 is 1.93 bits per heavy atom. The Kier molecular flexibility index (Phi) is 3.83. The number of rotatable bonds is 2. The molecule has 0 aromatic rings. The summed E-state index contributed by atoms with van der Waals surface area (Å²) in [6, 6.07) is -2.18. The van der Waals surface area contributed by atoms with E-state index in [1.807, 2.05) is 5.32 Å². The summed E-state index contributed by atoms with van der Waals surface area (Å²) in [5, 5.41) is 39.0. The molecular formula is C7H14N2O6. The number of ether oxygens (including phenoxy) is 1. The molecule has 0 spiro atoms. The van der Waals surface area contributed by atoms with Crippen molar-refractivity contribution in [1.29, 1.82) is 0 Å². The molecule has 2 amide bonds. The first-order valence-corrected chi connectivity index (χ1v) is 4.34. The van der Waals surface area contributed by atoms with Gasteiger partial charge in [0.1, 0.15) is 24.4 Å². The molecule has 0 aliphatic carbocycles. The molecule has 8 nitrogen and oxygen atoms in total. The highest BCUT2D eigenvalue weighted by Gasteiger charge is 2.44. The van der Waals surface area contributed by atoms with E-state index < -0.39 is 43.3 Å². The van der Waals surface area contributed by atoms with Crippen LogP contribution in [0.3, 0.4) is 0 Å². The van der Waals surface area contributed by atoms with E-state index in [-0.39, 0.29) is 0 Å². The third-order valence-corrected chi connectivity index (χ3v) is 2.21. The fourth-order valence-corrected chi connectivity index (χ4v) is 1.42. The van der Waals surface area contributed by atoms with Gasteiger partial charge in [-0.15, -0.1) is 0 Å². The molecule has 0 aromatic heterocycles. The van der Waals surface area contributed by atoms with E-state index in [9.17, 15) is 20.1 Å². The van der Waals surface area contributed by atoms with Crippen molar-refractivity contribution in [2.75, 3.05) is 6.61 Å². The number of nitrogens with one attached hydrogen (secondary N) is 1. The Morgan fingerprint density at radius 1 is 1.33 bits per heavy atom. The summed E-state index contributed by atoms with van der Waals surface area (Å²) >= 11 is 0. The molecular weight excluding hydrogens is 208 g/mol. The van der Waals surface area contributed by atoms with Crippen LogP contribution < -0.4 is 11.1 Å². The Bertz CT molecular complexity index is 238. The van der Waals surface area contributed by atoms with Crippen molar-refractivity contribution in [3.63, 3.8) is 0 Å². The number of carbonyl (C=O) groups excluding carboxylic acids is 1. The molecule has 7 N–H and O–H groups in total. The van der Waals surface area contributed by atoms with E-state index in [1.165, 1.54) is 0 Å². The highest BCUT2D eigenvalue weighted by molar-refractivity contribution is 5.72. The monoisotopic (exact) mass is 222 g/mol. The molecule has 1 aliphatic rings. The van der Waals surface area contributed by atoms with Gasteiger partial charge < -0.3 is 36.2 Å². The van der Waals surface area contributed by atoms with Crippen LogP contribution in [0, 0.1) is 0 Å². The Balaban J connectivity index is 2.70. The lowest BCUT2D eigenvalue weighted by Crippen LogP contribution is -2.64. The summed E-state index contributed by atoms with van der Waals surface area (Å²) in [6.07, 6.45) is -5.50. The largest absolute Gasteiger partial charge is 0.394 e. The highest BCUT2D eigenvalue weighted by atomic mass is 16.6. The first kappa shape index (κ1) is 12.1. The summed E-state index contributed by atoms with van der Waals surface area (Å²) in [7, 11) is 0. The number of urea groups is 1. The lowest BCUT2D eigenvalue weighted by atomic mass is 9.97. The lowest BCUT2D eigenvalue weighted by molar-refractivity contribution is -0.252. The first-order valence-electron chi connectivity index (χ1n) is 4.34. The van der Waals surface area contributed by atoms with Crippen LogP contribution in [-0.4, -0.2) is 63.7 Å². The zero-order valence-electron chi connectivity index (χ0n) is 7.78. The zero-order valence-corrected chi connectivity index (χ0v) is 7.78. The molecule has 5 atom stereocenters. The van der Waals surface area contributed by atoms with Crippen LogP contribution in [0.2, 0.25) is 0 Å². The van der Waals surface area contributed by atoms with Crippen molar-refractivity contribution < 1.29 is 30.0 Å². The minimum atomic E-state index is -1.53. The molecule has 0 saturated carbocycles. The van der Waals surface area contributed by atoms with Gasteiger partial charge in [-0.05, 0) is 0 Å². The number of hydrogen-bond donors (Lipinski definition) is 6. The van der Waals surface area contributed by atoms with E-state index in [4.69, 9.17) is 15.6 Å². The second-order valence-electron chi connectivity index (χ2n) is 3.26. The van der Waals surface area contributed by atoms with Crippen molar-refractivity contribution in [3.8, 4) is 0 Å². The molecule has 0 radical (unpaired) electrons. The van der Waals surface area contributed by atoms with Crippen LogP contribution in [0.1, 0.15) is 0 Å². The predicted molar refractivity (Wildman–Crippen MR) is 46.5 cm³/mol. The number of primary amides is 1. The quantitative estimate of drug-likeness (QED) is 0.285. The van der Waals surface area contributed by atoms with Gasteiger partial charge in [0.25, 0.3) is 0 Å². The minimum absolute atomic E-state index is 0.557. The molecule has 88 valence electrons. The Labute approximate surface area is 85.3 Å². The van der Waals surface area contributed by atoms with Crippen LogP contribution in [-0.2, 0) is 4.74 Å². The molecule has 8 heteroatoms. The number of nitrogens with two attached hydrogens (primary N) is 1. The maximum atomic E-state index is 10.5. The smallest absolute Gasteiger partial charge is 0.312 e. The normalized spacial score (nSPS) is 41.2. The average molecular weight is 222 g/mol. The molecule has 0 bridgehead atoms. The maximum Gasteiger partial charge on any atom is 0.312 e. The summed E-state index contributed by atoms with van der Waals surface area (Å²) in [5.74, 6) is 0. The standard InChI is InChI=1S/C7H14N2O6/c8-7(14)9-3-5(12)4(11)2(1-10)15-6(3)13/h2-6,10-13H,1H2,(H3,8,9,14)/t2-,3-,4+,5-,6-/m1/s1. The van der Waals surface area contributed by atoms with Crippen LogP contribution >= 0.6 is 0 Å². The van der Waals surface area contributed by atoms with Gasteiger partial charge in [0.15, 0.2) is 6.29 Å². The molecule has 1 heterocycles. The lowest BCUT2D eigenvalue weighted by Gasteiger charge is -2.39. The molecule has 0 unspecified atom stereocenters. The van der Waals surface area contributed by atoms with E-state index in [0.717, 1.165) is 0 Å². The number of aliphatic hydroxyl groups excluding tert-OH is 4. The topological polar surface area (TPSA) is 145 Å². The minimum Gasteiger partial charge on any atom is -0.394 e. The molecule has 1 rings (SSSR count).